The number of hydrogen-bond donors (Lipinski definition) is 1. The molecule has 20 heavy (non-hydrogen) atoms. The molecule has 0 heterocycles. The summed E-state index contributed by atoms with van der Waals surface area (Å²) in [7, 11) is 1.54. The molecule has 0 radical (unpaired) electrons. The Morgan fingerprint density at radius 3 is 2.55 bits per heavy atom. The van der Waals surface area contributed by atoms with Crippen LogP contribution in [0.5, 0.6) is 5.75 Å². The van der Waals surface area contributed by atoms with E-state index in [4.69, 9.17) is 5.73 Å². The first-order valence-electron chi connectivity index (χ1n) is 5.57. The van der Waals surface area contributed by atoms with E-state index in [1.807, 2.05) is 0 Å². The zero-order valence-corrected chi connectivity index (χ0v) is 11.8. The van der Waals surface area contributed by atoms with Crippen LogP contribution in [-0.4, -0.2) is 36.8 Å². The molecule has 4 nitrogen and oxygen atoms in total. The summed E-state index contributed by atoms with van der Waals surface area (Å²) in [5, 5.41) is 0. The van der Waals surface area contributed by atoms with Crippen molar-refractivity contribution in [2.24, 2.45) is 5.73 Å². The van der Waals surface area contributed by atoms with Crippen molar-refractivity contribution in [3.05, 3.63) is 29.8 Å². The molecule has 1 unspecified atom stereocenters. The van der Waals surface area contributed by atoms with Crippen molar-refractivity contribution in [3.63, 3.8) is 0 Å². The van der Waals surface area contributed by atoms with Crippen LogP contribution >= 0.6 is 12.4 Å². The summed E-state index contributed by atoms with van der Waals surface area (Å²) < 4.78 is 40.0. The Hall–Kier alpha value is -1.47. The Kier molecular flexibility index (Phi) is 6.81. The fourth-order valence-electron chi connectivity index (χ4n) is 1.39. The molecule has 8 heteroatoms. The molecule has 0 aromatic heterocycles. The second-order valence-electron chi connectivity index (χ2n) is 4.08. The van der Waals surface area contributed by atoms with Gasteiger partial charge in [-0.3, -0.25) is 4.79 Å². The first kappa shape index (κ1) is 18.5. The lowest BCUT2D eigenvalue weighted by molar-refractivity contribution is -0.274. The number of nitrogens with zero attached hydrogens (tertiary/aromatic N) is 1. The molecule has 0 spiro atoms. The van der Waals surface area contributed by atoms with E-state index in [9.17, 15) is 18.0 Å². The highest BCUT2D eigenvalue weighted by atomic mass is 35.5. The molecule has 0 saturated carbocycles. The van der Waals surface area contributed by atoms with Gasteiger partial charge in [-0.2, -0.15) is 0 Å². The van der Waals surface area contributed by atoms with Crippen LogP contribution in [0.1, 0.15) is 17.3 Å². The third-order valence-corrected chi connectivity index (χ3v) is 2.64. The van der Waals surface area contributed by atoms with Crippen LogP contribution in [0.4, 0.5) is 13.2 Å². The lowest BCUT2D eigenvalue weighted by atomic mass is 10.1. The van der Waals surface area contributed by atoms with E-state index in [-0.39, 0.29) is 30.6 Å². The number of hydrogen-bond acceptors (Lipinski definition) is 3. The second kappa shape index (κ2) is 7.35. The Morgan fingerprint density at radius 2 is 2.05 bits per heavy atom. The maximum Gasteiger partial charge on any atom is 0.573 e. The van der Waals surface area contributed by atoms with Crippen molar-refractivity contribution in [1.82, 2.24) is 4.90 Å². The Morgan fingerprint density at radius 1 is 1.45 bits per heavy atom. The minimum absolute atomic E-state index is 0. The van der Waals surface area contributed by atoms with Crippen molar-refractivity contribution < 1.29 is 22.7 Å². The van der Waals surface area contributed by atoms with Crippen LogP contribution in [0, 0.1) is 0 Å². The molecule has 0 bridgehead atoms. The van der Waals surface area contributed by atoms with Gasteiger partial charge < -0.3 is 15.4 Å². The molecule has 1 atom stereocenters. The van der Waals surface area contributed by atoms with Gasteiger partial charge in [0.05, 0.1) is 0 Å². The van der Waals surface area contributed by atoms with E-state index >= 15 is 0 Å². The summed E-state index contributed by atoms with van der Waals surface area (Å²) in [4.78, 5) is 13.4. The summed E-state index contributed by atoms with van der Waals surface area (Å²) in [6.45, 7) is 2.01. The molecule has 0 aliphatic rings. The van der Waals surface area contributed by atoms with E-state index in [0.717, 1.165) is 12.1 Å². The van der Waals surface area contributed by atoms with Gasteiger partial charge in [0.1, 0.15) is 5.75 Å². The Balaban J connectivity index is 0.00000361. The van der Waals surface area contributed by atoms with Gasteiger partial charge in [0, 0.05) is 25.2 Å². The molecule has 1 aromatic rings. The molecule has 1 amide bonds. The summed E-state index contributed by atoms with van der Waals surface area (Å²) in [5.41, 5.74) is 5.55. The summed E-state index contributed by atoms with van der Waals surface area (Å²) in [6.07, 6.45) is -4.78. The van der Waals surface area contributed by atoms with Crippen molar-refractivity contribution in [3.8, 4) is 5.75 Å². The topological polar surface area (TPSA) is 55.6 Å². The lowest BCUT2D eigenvalue weighted by Gasteiger charge is -2.23. The zero-order chi connectivity index (χ0) is 14.6. The molecular formula is C12H16ClF3N2O2. The number of likely N-dealkylation sites (N-methyl/N-ethyl adjacent to an activating group) is 1. The SMILES string of the molecule is CC(CN)N(C)C(=O)c1cccc(OC(F)(F)F)c1.Cl. The number of carbonyl (C=O) groups is 1. The van der Waals surface area contributed by atoms with E-state index in [0.29, 0.717) is 0 Å². The van der Waals surface area contributed by atoms with Crippen LogP contribution in [0.15, 0.2) is 24.3 Å². The van der Waals surface area contributed by atoms with Crippen molar-refractivity contribution in [2.75, 3.05) is 13.6 Å². The molecule has 114 valence electrons. The van der Waals surface area contributed by atoms with Crippen LogP contribution in [0.3, 0.4) is 0 Å². The predicted octanol–water partition coefficient (Wildman–Crippen LogP) is 2.43. The van der Waals surface area contributed by atoms with Gasteiger partial charge in [-0.25, -0.2) is 0 Å². The predicted molar refractivity (Wildman–Crippen MR) is 71.0 cm³/mol. The third-order valence-electron chi connectivity index (χ3n) is 2.64. The number of carbonyl (C=O) groups excluding carboxylic acids is 1. The largest absolute Gasteiger partial charge is 0.573 e. The van der Waals surface area contributed by atoms with Crippen molar-refractivity contribution >= 4 is 18.3 Å². The average Bonchev–Trinajstić information content (AvgIpc) is 2.34. The number of alkyl halides is 3. The Bertz CT molecular complexity index is 455. The molecular weight excluding hydrogens is 297 g/mol. The van der Waals surface area contributed by atoms with Crippen LogP contribution in [-0.2, 0) is 0 Å². The maximum atomic E-state index is 12.1. The van der Waals surface area contributed by atoms with E-state index in [1.165, 1.54) is 24.1 Å². The van der Waals surface area contributed by atoms with Crippen LogP contribution in [0.2, 0.25) is 0 Å². The van der Waals surface area contributed by atoms with Gasteiger partial charge in [0.25, 0.3) is 5.91 Å². The summed E-state index contributed by atoms with van der Waals surface area (Å²) >= 11 is 0. The van der Waals surface area contributed by atoms with Crippen LogP contribution < -0.4 is 10.5 Å². The third kappa shape index (κ3) is 5.26. The number of benzene rings is 1. The highest BCUT2D eigenvalue weighted by Crippen LogP contribution is 2.23. The smallest absolute Gasteiger partial charge is 0.406 e. The van der Waals surface area contributed by atoms with Gasteiger partial charge in [-0.15, -0.1) is 25.6 Å². The number of halogens is 4. The first-order chi connectivity index (χ1) is 8.74. The normalized spacial score (nSPS) is 12.3. The first-order valence-corrected chi connectivity index (χ1v) is 5.57. The van der Waals surface area contributed by atoms with Gasteiger partial charge in [-0.05, 0) is 25.1 Å². The average molecular weight is 313 g/mol. The van der Waals surface area contributed by atoms with Crippen LogP contribution in [0.25, 0.3) is 0 Å². The van der Waals surface area contributed by atoms with Gasteiger partial charge >= 0.3 is 6.36 Å². The molecule has 2 N–H and O–H groups in total. The van der Waals surface area contributed by atoms with Gasteiger partial charge in [0.15, 0.2) is 0 Å². The number of amides is 1. The molecule has 0 fully saturated rings. The molecule has 1 rings (SSSR count). The number of ether oxygens (including phenoxy) is 1. The number of rotatable bonds is 4. The highest BCUT2D eigenvalue weighted by molar-refractivity contribution is 5.94. The second-order valence-corrected chi connectivity index (χ2v) is 4.08. The van der Waals surface area contributed by atoms with E-state index in [2.05, 4.69) is 4.74 Å². The molecule has 0 aliphatic heterocycles. The number of nitrogens with two attached hydrogens (primary N) is 1. The summed E-state index contributed by atoms with van der Waals surface area (Å²) in [5.74, 6) is -0.835. The Labute approximate surface area is 121 Å². The molecule has 1 aromatic carbocycles. The maximum absolute atomic E-state index is 12.1. The van der Waals surface area contributed by atoms with Gasteiger partial charge in [0.2, 0.25) is 0 Å². The highest BCUT2D eigenvalue weighted by Gasteiger charge is 2.31. The fraction of sp³-hybridized carbons (Fsp3) is 0.417. The van der Waals surface area contributed by atoms with E-state index in [1.54, 1.807) is 6.92 Å². The zero-order valence-electron chi connectivity index (χ0n) is 11.0. The molecule has 0 aliphatic carbocycles. The van der Waals surface area contributed by atoms with E-state index < -0.39 is 18.0 Å². The van der Waals surface area contributed by atoms with Crippen molar-refractivity contribution in [2.45, 2.75) is 19.3 Å². The monoisotopic (exact) mass is 312 g/mol. The summed E-state index contributed by atoms with van der Waals surface area (Å²) in [6, 6.07) is 4.73. The standard InChI is InChI=1S/C12H15F3N2O2.ClH/c1-8(7-16)17(2)11(18)9-4-3-5-10(6-9)19-12(13,14)15;/h3-6,8H,7,16H2,1-2H3;1H. The fourth-order valence-corrected chi connectivity index (χ4v) is 1.39. The quantitative estimate of drug-likeness (QED) is 0.929. The van der Waals surface area contributed by atoms with Gasteiger partial charge in [-0.1, -0.05) is 6.07 Å². The minimum atomic E-state index is -4.78. The van der Waals surface area contributed by atoms with Crippen molar-refractivity contribution in [1.29, 1.82) is 0 Å². The lowest BCUT2D eigenvalue weighted by Crippen LogP contribution is -2.39. The minimum Gasteiger partial charge on any atom is -0.406 e. The molecule has 0 saturated heterocycles.